The lowest BCUT2D eigenvalue weighted by Gasteiger charge is -2.23. The minimum absolute atomic E-state index is 0.124. The molecule has 1 aliphatic heterocycles. The molecule has 8 nitrogen and oxygen atoms in total. The number of alkyl carbamates (subject to hydrolysis) is 1. The van der Waals surface area contributed by atoms with Crippen LogP contribution in [0.25, 0.3) is 10.9 Å². The number of rotatable bonds is 4. The first kappa shape index (κ1) is 25.3. The second-order valence-corrected chi connectivity index (χ2v) is 8.83. The fraction of sp³-hybridized carbons (Fsp3) is 0.500. The maximum absolute atomic E-state index is 15.0. The number of hydrogen-bond acceptors (Lipinski definition) is 6. The van der Waals surface area contributed by atoms with Gasteiger partial charge in [-0.2, -0.15) is 0 Å². The molecule has 1 amide bonds. The number of alkyl halides is 3. The van der Waals surface area contributed by atoms with Crippen LogP contribution in [-0.2, 0) is 15.8 Å². The van der Waals surface area contributed by atoms with Crippen LogP contribution in [0.3, 0.4) is 0 Å². The Balaban J connectivity index is 1.99. The number of fused-ring (bicyclic) bond motifs is 1. The van der Waals surface area contributed by atoms with Crippen LogP contribution >= 0.6 is 0 Å². The van der Waals surface area contributed by atoms with Crippen molar-refractivity contribution in [2.45, 2.75) is 52.1 Å². The van der Waals surface area contributed by atoms with Gasteiger partial charge in [-0.15, -0.1) is 13.2 Å². The van der Waals surface area contributed by atoms with E-state index in [9.17, 15) is 31.9 Å². The van der Waals surface area contributed by atoms with E-state index in [0.29, 0.717) is 18.7 Å². The molecule has 2 aromatic rings. The first-order valence-electron chi connectivity index (χ1n) is 10.6. The second-order valence-electron chi connectivity index (χ2n) is 8.83. The summed E-state index contributed by atoms with van der Waals surface area (Å²) in [6.45, 7) is 6.76. The van der Waals surface area contributed by atoms with Crippen LogP contribution in [0.5, 0.6) is 0 Å². The quantitative estimate of drug-likeness (QED) is 0.520. The van der Waals surface area contributed by atoms with E-state index in [0.717, 1.165) is 6.07 Å². The molecule has 1 atom stereocenters. The smallest absolute Gasteiger partial charge is 0.462 e. The third kappa shape index (κ3) is 5.42. The molecule has 12 heteroatoms. The van der Waals surface area contributed by atoms with Crippen LogP contribution in [0.4, 0.5) is 28.0 Å². The summed E-state index contributed by atoms with van der Waals surface area (Å²) in [5.41, 5.74) is -3.39. The highest BCUT2D eigenvalue weighted by Gasteiger charge is 2.35. The first-order valence-corrected chi connectivity index (χ1v) is 10.6. The third-order valence-electron chi connectivity index (χ3n) is 5.09. The predicted molar refractivity (Wildman–Crippen MR) is 115 cm³/mol. The van der Waals surface area contributed by atoms with Gasteiger partial charge in [0.2, 0.25) is 5.43 Å². The Hall–Kier alpha value is -3.31. The summed E-state index contributed by atoms with van der Waals surface area (Å²) < 4.78 is 65.9. The van der Waals surface area contributed by atoms with Gasteiger partial charge in [0.1, 0.15) is 17.0 Å². The Labute approximate surface area is 192 Å². The Kier molecular flexibility index (Phi) is 6.81. The van der Waals surface area contributed by atoms with Gasteiger partial charge < -0.3 is 19.7 Å². The SMILES string of the molecule is CCOC(=O)c1cn(C(F)(F)F)c2cc(N3CCC(NC(=O)OC(C)(C)C)C3)c(F)cc2c1=O. The molecule has 0 aliphatic carbocycles. The second kappa shape index (κ2) is 9.15. The molecule has 0 bridgehead atoms. The van der Waals surface area contributed by atoms with Crippen molar-refractivity contribution in [2.75, 3.05) is 24.6 Å². The molecule has 34 heavy (non-hydrogen) atoms. The van der Waals surface area contributed by atoms with E-state index in [1.807, 2.05) is 0 Å². The molecular weight excluding hydrogens is 462 g/mol. The highest BCUT2D eigenvalue weighted by Crippen LogP contribution is 2.32. The van der Waals surface area contributed by atoms with Crippen molar-refractivity contribution in [2.24, 2.45) is 0 Å². The van der Waals surface area contributed by atoms with E-state index in [-0.39, 0.29) is 30.0 Å². The van der Waals surface area contributed by atoms with Crippen molar-refractivity contribution in [1.82, 2.24) is 9.88 Å². The lowest BCUT2D eigenvalue weighted by molar-refractivity contribution is -0.201. The zero-order valence-electron chi connectivity index (χ0n) is 19.1. The van der Waals surface area contributed by atoms with Crippen molar-refractivity contribution >= 4 is 28.7 Å². The molecule has 1 aliphatic rings. The van der Waals surface area contributed by atoms with Gasteiger partial charge in [-0.1, -0.05) is 0 Å². The number of carbonyl (C=O) groups excluding carboxylic acids is 2. The predicted octanol–water partition coefficient (Wildman–Crippen LogP) is 3.90. The van der Waals surface area contributed by atoms with Crippen LogP contribution in [0, 0.1) is 5.82 Å². The summed E-state index contributed by atoms with van der Waals surface area (Å²) in [5.74, 6) is -2.16. The number of esters is 1. The fourth-order valence-electron chi connectivity index (χ4n) is 3.71. The molecule has 1 saturated heterocycles. The summed E-state index contributed by atoms with van der Waals surface area (Å²) in [7, 11) is 0. The van der Waals surface area contributed by atoms with Gasteiger partial charge in [-0.25, -0.2) is 14.0 Å². The number of nitrogens with zero attached hydrogens (tertiary/aromatic N) is 2. The van der Waals surface area contributed by atoms with Crippen LogP contribution < -0.4 is 15.6 Å². The van der Waals surface area contributed by atoms with Crippen molar-refractivity contribution in [3.63, 3.8) is 0 Å². The Morgan fingerprint density at radius 1 is 1.21 bits per heavy atom. The number of hydrogen-bond donors (Lipinski definition) is 1. The Morgan fingerprint density at radius 2 is 1.88 bits per heavy atom. The molecule has 0 radical (unpaired) electrons. The van der Waals surface area contributed by atoms with Gasteiger partial charge in [0.05, 0.1) is 23.9 Å². The normalized spacial score (nSPS) is 16.6. The van der Waals surface area contributed by atoms with Crippen LogP contribution in [0.2, 0.25) is 0 Å². The molecule has 0 saturated carbocycles. The largest absolute Gasteiger partial charge is 0.488 e. The van der Waals surface area contributed by atoms with E-state index < -0.39 is 57.7 Å². The standard InChI is InChI=1S/C22H25F4N3O5/c1-5-33-19(31)14-11-29(22(24,25)26)16-9-17(15(23)8-13(16)18(14)30)28-7-6-12(10-28)27-20(32)34-21(2,3)4/h8-9,11-12H,5-7,10H2,1-4H3,(H,27,32). The van der Waals surface area contributed by atoms with Crippen molar-refractivity contribution in [3.05, 3.63) is 39.9 Å². The van der Waals surface area contributed by atoms with Gasteiger partial charge in [-0.3, -0.25) is 9.36 Å². The maximum Gasteiger partial charge on any atom is 0.488 e. The minimum atomic E-state index is -4.99. The van der Waals surface area contributed by atoms with Gasteiger partial charge in [0.15, 0.2) is 0 Å². The summed E-state index contributed by atoms with van der Waals surface area (Å²) in [4.78, 5) is 38.2. The molecule has 0 spiro atoms. The number of anilines is 1. The summed E-state index contributed by atoms with van der Waals surface area (Å²) in [6, 6.07) is 1.19. The molecule has 1 aromatic heterocycles. The van der Waals surface area contributed by atoms with Crippen LogP contribution in [0.15, 0.2) is 23.1 Å². The van der Waals surface area contributed by atoms with Crippen molar-refractivity contribution in [3.8, 4) is 0 Å². The van der Waals surface area contributed by atoms with E-state index in [4.69, 9.17) is 4.74 Å². The topological polar surface area (TPSA) is 89.9 Å². The summed E-state index contributed by atoms with van der Waals surface area (Å²) in [5, 5.41) is 2.05. The zero-order valence-corrected chi connectivity index (χ0v) is 19.1. The average molecular weight is 487 g/mol. The average Bonchev–Trinajstić information content (AvgIpc) is 3.13. The number of aromatic nitrogens is 1. The van der Waals surface area contributed by atoms with E-state index in [2.05, 4.69) is 10.1 Å². The lowest BCUT2D eigenvalue weighted by Crippen LogP contribution is -2.40. The summed E-state index contributed by atoms with van der Waals surface area (Å²) >= 11 is 0. The van der Waals surface area contributed by atoms with Gasteiger partial charge in [0, 0.05) is 24.7 Å². The van der Waals surface area contributed by atoms with Gasteiger partial charge in [0.25, 0.3) is 0 Å². The molecule has 1 N–H and O–H groups in total. The molecule has 186 valence electrons. The Bertz CT molecular complexity index is 1170. The molecular formula is C22H25F4N3O5. The maximum atomic E-state index is 15.0. The van der Waals surface area contributed by atoms with Gasteiger partial charge in [-0.05, 0) is 46.2 Å². The van der Waals surface area contributed by atoms with Crippen LogP contribution in [-0.4, -0.2) is 48.0 Å². The van der Waals surface area contributed by atoms with Crippen molar-refractivity contribution < 1.29 is 36.6 Å². The minimum Gasteiger partial charge on any atom is -0.462 e. The number of carbonyl (C=O) groups is 2. The van der Waals surface area contributed by atoms with E-state index in [1.165, 1.54) is 11.8 Å². The van der Waals surface area contributed by atoms with Crippen molar-refractivity contribution in [1.29, 1.82) is 0 Å². The monoisotopic (exact) mass is 487 g/mol. The molecule has 1 unspecified atom stereocenters. The lowest BCUT2D eigenvalue weighted by atomic mass is 10.1. The number of pyridine rings is 1. The first-order chi connectivity index (χ1) is 15.7. The molecule has 1 aromatic carbocycles. The number of ether oxygens (including phenoxy) is 2. The molecule has 2 heterocycles. The zero-order chi connectivity index (χ0) is 25.4. The van der Waals surface area contributed by atoms with Crippen LogP contribution in [0.1, 0.15) is 44.5 Å². The number of amides is 1. The number of benzene rings is 1. The highest BCUT2D eigenvalue weighted by molar-refractivity contribution is 5.94. The molecule has 1 fully saturated rings. The van der Waals surface area contributed by atoms with Gasteiger partial charge >= 0.3 is 18.4 Å². The van der Waals surface area contributed by atoms with E-state index >= 15 is 0 Å². The third-order valence-corrected chi connectivity index (χ3v) is 5.09. The fourth-order valence-corrected chi connectivity index (χ4v) is 3.71. The van der Waals surface area contributed by atoms with E-state index in [1.54, 1.807) is 20.8 Å². The molecule has 3 rings (SSSR count). The number of halogens is 4. The Morgan fingerprint density at radius 3 is 2.47 bits per heavy atom. The number of nitrogens with one attached hydrogen (secondary N) is 1. The summed E-state index contributed by atoms with van der Waals surface area (Å²) in [6.07, 6.45) is -4.88. The highest BCUT2D eigenvalue weighted by atomic mass is 19.4.